The molecule has 3 heteroatoms. The van der Waals surface area contributed by atoms with Crippen molar-refractivity contribution in [3.63, 3.8) is 0 Å². The van der Waals surface area contributed by atoms with Crippen LogP contribution in [-0.2, 0) is 0 Å². The Hall–Kier alpha value is -1.84. The van der Waals surface area contributed by atoms with E-state index in [1.165, 1.54) is 16.7 Å². The molecule has 0 aromatic heterocycles. The molecule has 2 aromatic rings. The van der Waals surface area contributed by atoms with Crippen LogP contribution in [0.3, 0.4) is 0 Å². The number of rotatable bonds is 6. The van der Waals surface area contributed by atoms with Crippen LogP contribution in [0.15, 0.2) is 48.5 Å². The molecule has 1 atom stereocenters. The summed E-state index contributed by atoms with van der Waals surface area (Å²) in [6, 6.07) is 16.6. The Morgan fingerprint density at radius 3 is 2.40 bits per heavy atom. The third kappa shape index (κ3) is 4.08. The zero-order chi connectivity index (χ0) is 14.4. The Morgan fingerprint density at radius 1 is 1.05 bits per heavy atom. The highest BCUT2D eigenvalue weighted by molar-refractivity contribution is 5.27. The second-order valence-corrected chi connectivity index (χ2v) is 5.09. The van der Waals surface area contributed by atoms with Crippen molar-refractivity contribution in [3.8, 4) is 5.75 Å². The molecule has 0 fully saturated rings. The SMILES string of the molecule is Cc1cccc(OCCC(NN)c2cccc(C)c2)c1. The van der Waals surface area contributed by atoms with E-state index in [1.54, 1.807) is 0 Å². The van der Waals surface area contributed by atoms with Crippen LogP contribution < -0.4 is 16.0 Å². The van der Waals surface area contributed by atoms with Crippen molar-refractivity contribution in [2.75, 3.05) is 6.61 Å². The van der Waals surface area contributed by atoms with Crippen LogP contribution in [0.5, 0.6) is 5.75 Å². The Kier molecular flexibility index (Phi) is 5.16. The fourth-order valence-corrected chi connectivity index (χ4v) is 2.23. The van der Waals surface area contributed by atoms with Gasteiger partial charge in [0.1, 0.15) is 5.75 Å². The van der Waals surface area contributed by atoms with Crippen molar-refractivity contribution in [2.24, 2.45) is 5.84 Å². The van der Waals surface area contributed by atoms with Gasteiger partial charge in [-0.3, -0.25) is 11.3 Å². The third-order valence-electron chi connectivity index (χ3n) is 3.31. The van der Waals surface area contributed by atoms with Crippen molar-refractivity contribution in [1.82, 2.24) is 5.43 Å². The maximum atomic E-state index is 5.78. The first-order valence-corrected chi connectivity index (χ1v) is 6.91. The summed E-state index contributed by atoms with van der Waals surface area (Å²) < 4.78 is 5.78. The van der Waals surface area contributed by atoms with E-state index in [9.17, 15) is 0 Å². The van der Waals surface area contributed by atoms with Crippen molar-refractivity contribution in [3.05, 3.63) is 65.2 Å². The topological polar surface area (TPSA) is 47.3 Å². The van der Waals surface area contributed by atoms with Gasteiger partial charge in [0, 0.05) is 12.5 Å². The lowest BCUT2D eigenvalue weighted by Gasteiger charge is -2.17. The lowest BCUT2D eigenvalue weighted by Crippen LogP contribution is -2.29. The first-order valence-electron chi connectivity index (χ1n) is 6.91. The molecule has 0 radical (unpaired) electrons. The summed E-state index contributed by atoms with van der Waals surface area (Å²) in [6.07, 6.45) is 0.827. The molecule has 0 saturated heterocycles. The van der Waals surface area contributed by atoms with Crippen LogP contribution >= 0.6 is 0 Å². The molecule has 0 bridgehead atoms. The first kappa shape index (κ1) is 14.6. The first-order chi connectivity index (χ1) is 9.69. The average molecular weight is 270 g/mol. The maximum Gasteiger partial charge on any atom is 0.119 e. The molecule has 0 amide bonds. The zero-order valence-electron chi connectivity index (χ0n) is 12.1. The van der Waals surface area contributed by atoms with Crippen molar-refractivity contribution >= 4 is 0 Å². The summed E-state index contributed by atoms with van der Waals surface area (Å²) in [7, 11) is 0. The summed E-state index contributed by atoms with van der Waals surface area (Å²) in [5, 5.41) is 0. The van der Waals surface area contributed by atoms with Gasteiger partial charge >= 0.3 is 0 Å². The number of benzene rings is 2. The molecular weight excluding hydrogens is 248 g/mol. The van der Waals surface area contributed by atoms with Crippen molar-refractivity contribution in [1.29, 1.82) is 0 Å². The zero-order valence-corrected chi connectivity index (χ0v) is 12.1. The third-order valence-corrected chi connectivity index (χ3v) is 3.31. The minimum absolute atomic E-state index is 0.111. The average Bonchev–Trinajstić information content (AvgIpc) is 2.44. The second-order valence-electron chi connectivity index (χ2n) is 5.09. The highest BCUT2D eigenvalue weighted by Crippen LogP contribution is 2.18. The van der Waals surface area contributed by atoms with Crippen molar-refractivity contribution in [2.45, 2.75) is 26.3 Å². The largest absolute Gasteiger partial charge is 0.494 e. The van der Waals surface area contributed by atoms with Gasteiger partial charge < -0.3 is 4.74 Å². The van der Waals surface area contributed by atoms with E-state index in [0.717, 1.165) is 12.2 Å². The number of ether oxygens (including phenoxy) is 1. The molecule has 20 heavy (non-hydrogen) atoms. The number of nitrogens with one attached hydrogen (secondary N) is 1. The van der Waals surface area contributed by atoms with E-state index in [-0.39, 0.29) is 6.04 Å². The molecule has 0 aliphatic rings. The smallest absolute Gasteiger partial charge is 0.119 e. The molecule has 3 N–H and O–H groups in total. The van der Waals surface area contributed by atoms with Crippen LogP contribution in [0, 0.1) is 13.8 Å². The van der Waals surface area contributed by atoms with Gasteiger partial charge in [-0.2, -0.15) is 0 Å². The number of hydrogen-bond donors (Lipinski definition) is 2. The lowest BCUT2D eigenvalue weighted by atomic mass is 10.0. The number of hydrogen-bond acceptors (Lipinski definition) is 3. The van der Waals surface area contributed by atoms with Crippen LogP contribution in [0.4, 0.5) is 0 Å². The van der Waals surface area contributed by atoms with E-state index in [2.05, 4.69) is 49.6 Å². The normalized spacial score (nSPS) is 12.2. The van der Waals surface area contributed by atoms with Gasteiger partial charge in [0.05, 0.1) is 6.61 Å². The molecule has 2 aromatic carbocycles. The van der Waals surface area contributed by atoms with E-state index >= 15 is 0 Å². The Bertz CT molecular complexity index is 554. The Morgan fingerprint density at radius 2 is 1.75 bits per heavy atom. The van der Waals surface area contributed by atoms with Gasteiger partial charge in [-0.05, 0) is 37.1 Å². The van der Waals surface area contributed by atoms with Crippen LogP contribution in [0.1, 0.15) is 29.2 Å². The minimum Gasteiger partial charge on any atom is -0.494 e. The van der Waals surface area contributed by atoms with Crippen LogP contribution in [-0.4, -0.2) is 6.61 Å². The minimum atomic E-state index is 0.111. The van der Waals surface area contributed by atoms with Gasteiger partial charge in [-0.15, -0.1) is 0 Å². The molecule has 0 saturated carbocycles. The van der Waals surface area contributed by atoms with Crippen LogP contribution in [0.25, 0.3) is 0 Å². The van der Waals surface area contributed by atoms with Gasteiger partial charge in [-0.25, -0.2) is 0 Å². The van der Waals surface area contributed by atoms with E-state index in [4.69, 9.17) is 10.6 Å². The predicted molar refractivity (Wildman–Crippen MR) is 82.5 cm³/mol. The van der Waals surface area contributed by atoms with Gasteiger partial charge in [0.25, 0.3) is 0 Å². The molecule has 3 nitrogen and oxygen atoms in total. The fraction of sp³-hybridized carbons (Fsp3) is 0.294. The monoisotopic (exact) mass is 270 g/mol. The Balaban J connectivity index is 1.91. The lowest BCUT2D eigenvalue weighted by molar-refractivity contribution is 0.287. The second kappa shape index (κ2) is 7.08. The van der Waals surface area contributed by atoms with Gasteiger partial charge in [-0.1, -0.05) is 42.0 Å². The van der Waals surface area contributed by atoms with Crippen LogP contribution in [0.2, 0.25) is 0 Å². The molecule has 2 rings (SSSR count). The molecule has 0 spiro atoms. The molecule has 1 unspecified atom stereocenters. The fourth-order valence-electron chi connectivity index (χ4n) is 2.23. The molecule has 0 aliphatic heterocycles. The summed E-state index contributed by atoms with van der Waals surface area (Å²) >= 11 is 0. The molecule has 0 aliphatic carbocycles. The molecule has 106 valence electrons. The number of nitrogens with two attached hydrogens (primary N) is 1. The predicted octanol–water partition coefficient (Wildman–Crippen LogP) is 3.28. The number of aryl methyl sites for hydroxylation is 2. The summed E-state index contributed by atoms with van der Waals surface area (Å²) in [6.45, 7) is 4.77. The summed E-state index contributed by atoms with van der Waals surface area (Å²) in [5.74, 6) is 6.56. The van der Waals surface area contributed by atoms with Gasteiger partial charge in [0.15, 0.2) is 0 Å². The standard InChI is InChI=1S/C17H22N2O/c1-13-5-3-7-15(11-13)17(19-18)9-10-20-16-8-4-6-14(2)12-16/h3-8,11-12,17,19H,9-10,18H2,1-2H3. The summed E-state index contributed by atoms with van der Waals surface area (Å²) in [4.78, 5) is 0. The van der Waals surface area contributed by atoms with Crippen molar-refractivity contribution < 1.29 is 4.74 Å². The maximum absolute atomic E-state index is 5.78. The highest BCUT2D eigenvalue weighted by atomic mass is 16.5. The number of hydrazine groups is 1. The highest BCUT2D eigenvalue weighted by Gasteiger charge is 2.09. The van der Waals surface area contributed by atoms with E-state index in [0.29, 0.717) is 6.61 Å². The molecule has 0 heterocycles. The van der Waals surface area contributed by atoms with Gasteiger partial charge in [0.2, 0.25) is 0 Å². The quantitative estimate of drug-likeness (QED) is 0.625. The summed E-state index contributed by atoms with van der Waals surface area (Å²) in [5.41, 5.74) is 6.50. The molecular formula is C17H22N2O. The Labute approximate surface area is 120 Å². The van der Waals surface area contributed by atoms with E-state index < -0.39 is 0 Å². The van der Waals surface area contributed by atoms with E-state index in [1.807, 2.05) is 18.2 Å².